The molecule has 5 aromatic rings. The van der Waals surface area contributed by atoms with Crippen LogP contribution in [0.25, 0.3) is 0 Å². The number of aromatic nitrogens is 5. The number of amides is 2. The van der Waals surface area contributed by atoms with Crippen molar-refractivity contribution in [3.05, 3.63) is 113 Å². The number of benzene rings is 2. The number of alkyl halides is 3. The topological polar surface area (TPSA) is 175 Å². The maximum Gasteiger partial charge on any atom is 0.573 e. The van der Waals surface area contributed by atoms with Gasteiger partial charge in [-0.1, -0.05) is 47.2 Å². The molecule has 18 heteroatoms. The molecule has 0 radical (unpaired) electrons. The molecule has 0 spiro atoms. The first-order valence-electron chi connectivity index (χ1n) is 15.3. The highest BCUT2D eigenvalue weighted by atomic mass is 32.2. The number of unbranched alkanes of at least 4 members (excludes halogenated alkanes) is 1. The van der Waals surface area contributed by atoms with Crippen LogP contribution in [-0.2, 0) is 43.2 Å². The highest BCUT2D eigenvalue weighted by Crippen LogP contribution is 2.27. The third-order valence-corrected chi connectivity index (χ3v) is 9.18. The average Bonchev–Trinajstić information content (AvgIpc) is 3.53. The Bertz CT molecular complexity index is 2050. The second kappa shape index (κ2) is 16.6. The lowest BCUT2D eigenvalue weighted by molar-refractivity contribution is -0.274. The van der Waals surface area contributed by atoms with Gasteiger partial charge in [-0.05, 0) is 80.3 Å². The molecule has 2 amide bonds. The van der Waals surface area contributed by atoms with Crippen LogP contribution in [0.3, 0.4) is 0 Å². The van der Waals surface area contributed by atoms with Crippen molar-refractivity contribution in [2.24, 2.45) is 0 Å². The summed E-state index contributed by atoms with van der Waals surface area (Å²) in [6.45, 7) is 1.82. The molecule has 0 aliphatic rings. The zero-order valence-corrected chi connectivity index (χ0v) is 28.5. The van der Waals surface area contributed by atoms with Crippen LogP contribution in [0.1, 0.15) is 46.5 Å². The Morgan fingerprint density at radius 1 is 0.882 bits per heavy atom. The number of rotatable bonds is 15. The highest BCUT2D eigenvalue weighted by Gasteiger charge is 2.32. The lowest BCUT2D eigenvalue weighted by Gasteiger charge is -2.16. The van der Waals surface area contributed by atoms with Crippen molar-refractivity contribution in [2.45, 2.75) is 56.4 Å². The molecule has 0 aliphatic heterocycles. The third-order valence-electron chi connectivity index (χ3n) is 6.98. The standard InChI is InChI=1S/C33H30F3N7O6S2/c1-21-12-15-25(16-13-21)51(46,47)49-30(26-10-4-5-18-37-26)31(45)39-32-43-42-29(50-32)11-3-2-8-23-14-17-27(41-40-23)38-28(44)20-22-7-6-9-24(19-22)48-33(34,35)36/h4-7,9-10,12-19,30H,2-3,8,11,20H2,1H3,(H,38,41,44)(H,39,43,45). The van der Waals surface area contributed by atoms with Crippen molar-refractivity contribution in [2.75, 3.05) is 10.6 Å². The van der Waals surface area contributed by atoms with Gasteiger partial charge in [-0.3, -0.25) is 19.9 Å². The molecule has 13 nitrogen and oxygen atoms in total. The molecule has 0 saturated heterocycles. The minimum atomic E-state index is -4.83. The number of pyridine rings is 1. The molecule has 266 valence electrons. The molecule has 3 heterocycles. The van der Waals surface area contributed by atoms with Crippen LogP contribution in [0.5, 0.6) is 5.75 Å². The molecule has 0 saturated carbocycles. The van der Waals surface area contributed by atoms with E-state index in [0.717, 1.165) is 29.0 Å². The first kappa shape index (κ1) is 36.9. The van der Waals surface area contributed by atoms with Gasteiger partial charge in [-0.2, -0.15) is 13.5 Å². The van der Waals surface area contributed by atoms with Gasteiger partial charge in [0.1, 0.15) is 10.8 Å². The summed E-state index contributed by atoms with van der Waals surface area (Å²) in [6.07, 6.45) is -2.64. The molecule has 51 heavy (non-hydrogen) atoms. The van der Waals surface area contributed by atoms with Crippen LogP contribution in [0, 0.1) is 6.92 Å². The van der Waals surface area contributed by atoms with Crippen molar-refractivity contribution in [1.29, 1.82) is 0 Å². The quantitative estimate of drug-likeness (QED) is 0.0986. The molecule has 2 N–H and O–H groups in total. The number of anilines is 2. The van der Waals surface area contributed by atoms with E-state index in [1.165, 1.54) is 36.5 Å². The second-order valence-corrected chi connectivity index (χ2v) is 13.7. The molecule has 1 atom stereocenters. The lowest BCUT2D eigenvalue weighted by Crippen LogP contribution is -2.26. The predicted octanol–water partition coefficient (Wildman–Crippen LogP) is 5.76. The van der Waals surface area contributed by atoms with Crippen LogP contribution in [0.2, 0.25) is 0 Å². The molecule has 0 aliphatic carbocycles. The van der Waals surface area contributed by atoms with E-state index >= 15 is 0 Å². The SMILES string of the molecule is Cc1ccc(S(=O)(=O)OC(C(=O)Nc2nnc(CCCCc3ccc(NC(=O)Cc4cccc(OC(F)(F)F)c4)nn3)s2)c2ccccn2)cc1. The monoisotopic (exact) mass is 741 g/mol. The van der Waals surface area contributed by atoms with Crippen LogP contribution < -0.4 is 15.4 Å². The fraction of sp³-hybridized carbons (Fsp3) is 0.242. The molecule has 5 rings (SSSR count). The van der Waals surface area contributed by atoms with E-state index in [4.69, 9.17) is 4.18 Å². The van der Waals surface area contributed by atoms with Crippen molar-refractivity contribution in [3.8, 4) is 5.75 Å². The predicted molar refractivity (Wildman–Crippen MR) is 179 cm³/mol. The summed E-state index contributed by atoms with van der Waals surface area (Å²) in [6, 6.07) is 19.2. The Labute approximate surface area is 294 Å². The number of nitrogens with zero attached hydrogens (tertiary/aromatic N) is 5. The molecule has 1 unspecified atom stereocenters. The zero-order valence-electron chi connectivity index (χ0n) is 26.8. The van der Waals surface area contributed by atoms with Crippen molar-refractivity contribution in [3.63, 3.8) is 0 Å². The summed E-state index contributed by atoms with van der Waals surface area (Å²) >= 11 is 1.14. The second-order valence-electron chi connectivity index (χ2n) is 11.0. The van der Waals surface area contributed by atoms with Crippen LogP contribution in [0.4, 0.5) is 24.1 Å². The number of hydrogen-bond acceptors (Lipinski definition) is 12. The molecule has 0 fully saturated rings. The molecule has 0 bridgehead atoms. The summed E-state index contributed by atoms with van der Waals surface area (Å²) in [4.78, 5) is 29.6. The van der Waals surface area contributed by atoms with Crippen LogP contribution >= 0.6 is 11.3 Å². The minimum absolute atomic E-state index is 0.0954. The van der Waals surface area contributed by atoms with E-state index in [-0.39, 0.29) is 28.0 Å². The van der Waals surface area contributed by atoms with Crippen LogP contribution in [0.15, 0.2) is 90.0 Å². The fourth-order valence-corrected chi connectivity index (χ4v) is 6.39. The molecule has 2 aromatic carbocycles. The number of carbonyl (C=O) groups is 2. The van der Waals surface area contributed by atoms with Gasteiger partial charge in [0.05, 0.1) is 22.7 Å². The number of hydrogen-bond donors (Lipinski definition) is 2. The summed E-state index contributed by atoms with van der Waals surface area (Å²) in [5.74, 6) is -1.49. The largest absolute Gasteiger partial charge is 0.573 e. The maximum atomic E-state index is 13.2. The van der Waals surface area contributed by atoms with E-state index in [0.29, 0.717) is 41.9 Å². The minimum Gasteiger partial charge on any atom is -0.406 e. The number of halogens is 3. The summed E-state index contributed by atoms with van der Waals surface area (Å²) in [5.41, 5.74) is 1.96. The molecule has 3 aromatic heterocycles. The van der Waals surface area contributed by atoms with Crippen LogP contribution in [-0.4, -0.2) is 52.0 Å². The van der Waals surface area contributed by atoms with E-state index in [1.807, 2.05) is 6.92 Å². The first-order valence-corrected chi connectivity index (χ1v) is 17.6. The first-order chi connectivity index (χ1) is 24.3. The number of carbonyl (C=O) groups excluding carboxylic acids is 2. The van der Waals surface area contributed by atoms with Crippen molar-refractivity contribution in [1.82, 2.24) is 25.4 Å². The van der Waals surface area contributed by atoms with Crippen molar-refractivity contribution < 1.29 is 40.1 Å². The third kappa shape index (κ3) is 11.3. The molecular weight excluding hydrogens is 712 g/mol. The molecular formula is C33H30F3N7O6S2. The van der Waals surface area contributed by atoms with E-state index in [9.17, 15) is 31.2 Å². The number of ether oxygens (including phenoxy) is 1. The van der Waals surface area contributed by atoms with E-state index < -0.39 is 40.1 Å². The fourth-order valence-electron chi connectivity index (χ4n) is 4.59. The van der Waals surface area contributed by atoms with Crippen molar-refractivity contribution >= 4 is 44.2 Å². The van der Waals surface area contributed by atoms with Gasteiger partial charge in [0, 0.05) is 12.6 Å². The summed E-state index contributed by atoms with van der Waals surface area (Å²) < 4.78 is 72.6. The van der Waals surface area contributed by atoms with Gasteiger partial charge in [0.25, 0.3) is 16.0 Å². The maximum absolute atomic E-state index is 13.2. The Hall–Kier alpha value is -5.33. The highest BCUT2D eigenvalue weighted by molar-refractivity contribution is 7.86. The lowest BCUT2D eigenvalue weighted by atomic mass is 10.1. The smallest absolute Gasteiger partial charge is 0.406 e. The van der Waals surface area contributed by atoms with Gasteiger partial charge in [0.15, 0.2) is 11.9 Å². The normalized spacial score (nSPS) is 12.2. The Morgan fingerprint density at radius 3 is 2.37 bits per heavy atom. The Kier molecular flexibility index (Phi) is 12.0. The van der Waals surface area contributed by atoms with E-state index in [1.54, 1.807) is 36.4 Å². The van der Waals surface area contributed by atoms with Gasteiger partial charge >= 0.3 is 6.36 Å². The van der Waals surface area contributed by atoms with Gasteiger partial charge in [-0.15, -0.1) is 28.5 Å². The zero-order chi connectivity index (χ0) is 36.4. The summed E-state index contributed by atoms with van der Waals surface area (Å²) in [7, 11) is -4.31. The van der Waals surface area contributed by atoms with E-state index in [2.05, 4.69) is 40.7 Å². The average molecular weight is 742 g/mol. The van der Waals surface area contributed by atoms with Gasteiger partial charge < -0.3 is 10.1 Å². The number of aryl methyl sites for hydroxylation is 3. The Morgan fingerprint density at radius 2 is 1.67 bits per heavy atom. The summed E-state index contributed by atoms with van der Waals surface area (Å²) in [5, 5.41) is 22.2. The van der Waals surface area contributed by atoms with Gasteiger partial charge in [0.2, 0.25) is 11.0 Å². The Balaban J connectivity index is 1.08. The van der Waals surface area contributed by atoms with Gasteiger partial charge in [-0.25, -0.2) is 4.18 Å². The number of nitrogens with one attached hydrogen (secondary N) is 2.